The van der Waals surface area contributed by atoms with Crippen LogP contribution in [-0.2, 0) is 10.3 Å². The van der Waals surface area contributed by atoms with Crippen LogP contribution >= 0.6 is 11.6 Å². The molecule has 0 saturated carbocycles. The van der Waals surface area contributed by atoms with E-state index in [-0.39, 0.29) is 11.0 Å². The molecule has 3 rings (SSSR count). The summed E-state index contributed by atoms with van der Waals surface area (Å²) in [5.41, 5.74) is 0.156. The molecule has 5 heteroatoms. The molecule has 1 aromatic heterocycles. The van der Waals surface area contributed by atoms with Gasteiger partial charge in [-0.1, -0.05) is 23.7 Å². The third-order valence-corrected chi connectivity index (χ3v) is 3.88. The van der Waals surface area contributed by atoms with Crippen LogP contribution in [0.3, 0.4) is 0 Å². The highest BCUT2D eigenvalue weighted by Gasteiger charge is 2.41. The van der Waals surface area contributed by atoms with Crippen LogP contribution in [0.5, 0.6) is 0 Å². The Labute approximate surface area is 120 Å². The summed E-state index contributed by atoms with van der Waals surface area (Å²) >= 11 is 5.77. The zero-order valence-corrected chi connectivity index (χ0v) is 11.3. The van der Waals surface area contributed by atoms with Gasteiger partial charge in [-0.25, -0.2) is 13.8 Å². The number of aromatic nitrogens is 1. The molecule has 0 aliphatic carbocycles. The molecule has 0 N–H and O–H groups in total. The number of rotatable bonds is 2. The second-order valence-electron chi connectivity index (χ2n) is 4.75. The van der Waals surface area contributed by atoms with Crippen LogP contribution in [0.25, 0.3) is 0 Å². The van der Waals surface area contributed by atoms with E-state index in [1.54, 1.807) is 18.2 Å². The lowest BCUT2D eigenvalue weighted by atomic mass is 9.84. The van der Waals surface area contributed by atoms with Crippen LogP contribution in [0.15, 0.2) is 36.5 Å². The van der Waals surface area contributed by atoms with E-state index in [0.717, 1.165) is 12.0 Å². The largest absolute Gasteiger partial charge is 0.365 e. The van der Waals surface area contributed by atoms with Gasteiger partial charge >= 0.3 is 0 Å². The van der Waals surface area contributed by atoms with Gasteiger partial charge in [0.25, 0.3) is 0 Å². The molecule has 1 atom stereocenters. The van der Waals surface area contributed by atoms with Crippen molar-refractivity contribution in [2.75, 3.05) is 6.61 Å². The molecule has 20 heavy (non-hydrogen) atoms. The molecular weight excluding hydrogens is 284 g/mol. The van der Waals surface area contributed by atoms with Gasteiger partial charge in [0.1, 0.15) is 11.4 Å². The quantitative estimate of drug-likeness (QED) is 0.779. The first-order chi connectivity index (χ1) is 9.63. The van der Waals surface area contributed by atoms with Crippen molar-refractivity contribution in [2.24, 2.45) is 0 Å². The maximum atomic E-state index is 14.3. The maximum Gasteiger partial charge on any atom is 0.166 e. The SMILES string of the molecule is Fc1ccc(C2(c3ccnc(Cl)c3F)CCCO2)cc1. The number of benzene rings is 1. The van der Waals surface area contributed by atoms with Crippen molar-refractivity contribution in [3.63, 3.8) is 0 Å². The van der Waals surface area contributed by atoms with E-state index in [1.165, 1.54) is 18.3 Å². The summed E-state index contributed by atoms with van der Waals surface area (Å²) in [7, 11) is 0. The van der Waals surface area contributed by atoms with Crippen molar-refractivity contribution in [3.8, 4) is 0 Å². The fourth-order valence-electron chi connectivity index (χ4n) is 2.68. The molecule has 1 unspecified atom stereocenters. The van der Waals surface area contributed by atoms with E-state index in [4.69, 9.17) is 16.3 Å². The number of halogens is 3. The average molecular weight is 296 g/mol. The fourth-order valence-corrected chi connectivity index (χ4v) is 2.84. The molecule has 1 aliphatic rings. The molecule has 0 bridgehead atoms. The Morgan fingerprint density at radius 1 is 1.15 bits per heavy atom. The summed E-state index contributed by atoms with van der Waals surface area (Å²) in [4.78, 5) is 3.72. The van der Waals surface area contributed by atoms with Crippen molar-refractivity contribution in [1.82, 2.24) is 4.98 Å². The summed E-state index contributed by atoms with van der Waals surface area (Å²) in [5, 5.41) is -0.181. The van der Waals surface area contributed by atoms with E-state index < -0.39 is 11.4 Å². The smallest absolute Gasteiger partial charge is 0.166 e. The van der Waals surface area contributed by atoms with Crippen molar-refractivity contribution in [1.29, 1.82) is 0 Å². The van der Waals surface area contributed by atoms with E-state index >= 15 is 0 Å². The number of hydrogen-bond acceptors (Lipinski definition) is 2. The summed E-state index contributed by atoms with van der Waals surface area (Å²) in [6.45, 7) is 0.525. The molecule has 1 fully saturated rings. The van der Waals surface area contributed by atoms with E-state index in [1.807, 2.05) is 0 Å². The van der Waals surface area contributed by atoms with Gasteiger partial charge in [0.15, 0.2) is 11.0 Å². The minimum Gasteiger partial charge on any atom is -0.365 e. The zero-order chi connectivity index (χ0) is 14.2. The topological polar surface area (TPSA) is 22.1 Å². The normalized spacial score (nSPS) is 22.1. The third kappa shape index (κ3) is 2.09. The monoisotopic (exact) mass is 295 g/mol. The van der Waals surface area contributed by atoms with Gasteiger partial charge in [0, 0.05) is 18.4 Å². The minimum atomic E-state index is -0.912. The molecule has 0 amide bonds. The minimum absolute atomic E-state index is 0.181. The Morgan fingerprint density at radius 3 is 2.55 bits per heavy atom. The lowest BCUT2D eigenvalue weighted by molar-refractivity contribution is 0.0329. The van der Waals surface area contributed by atoms with Gasteiger partial charge in [0.05, 0.1) is 0 Å². The molecule has 2 heterocycles. The van der Waals surface area contributed by atoms with Gasteiger partial charge in [0.2, 0.25) is 0 Å². The first-order valence-corrected chi connectivity index (χ1v) is 6.72. The molecule has 0 radical (unpaired) electrons. The Balaban J connectivity index is 2.17. The van der Waals surface area contributed by atoms with Crippen molar-refractivity contribution in [2.45, 2.75) is 18.4 Å². The number of hydrogen-bond donors (Lipinski definition) is 0. The molecule has 1 aromatic carbocycles. The van der Waals surface area contributed by atoms with Gasteiger partial charge in [-0.05, 0) is 36.6 Å². The maximum absolute atomic E-state index is 14.3. The highest BCUT2D eigenvalue weighted by molar-refractivity contribution is 6.29. The van der Waals surface area contributed by atoms with E-state index in [0.29, 0.717) is 18.6 Å². The molecule has 2 aromatic rings. The van der Waals surface area contributed by atoms with Crippen molar-refractivity contribution >= 4 is 11.6 Å². The molecular formula is C15H12ClF2NO. The summed E-state index contributed by atoms with van der Waals surface area (Å²) < 4.78 is 33.3. The Morgan fingerprint density at radius 2 is 1.90 bits per heavy atom. The van der Waals surface area contributed by atoms with Crippen molar-refractivity contribution < 1.29 is 13.5 Å². The number of pyridine rings is 1. The van der Waals surface area contributed by atoms with Crippen LogP contribution in [0.1, 0.15) is 24.0 Å². The second kappa shape index (κ2) is 5.11. The van der Waals surface area contributed by atoms with Gasteiger partial charge in [-0.15, -0.1) is 0 Å². The lowest BCUT2D eigenvalue weighted by Gasteiger charge is -2.30. The van der Waals surface area contributed by atoms with E-state index in [9.17, 15) is 8.78 Å². The first kappa shape index (κ1) is 13.5. The van der Waals surface area contributed by atoms with E-state index in [2.05, 4.69) is 4.98 Å². The predicted octanol–water partition coefficient (Wildman–Crippen LogP) is 4.07. The zero-order valence-electron chi connectivity index (χ0n) is 10.6. The lowest BCUT2D eigenvalue weighted by Crippen LogP contribution is -2.28. The summed E-state index contributed by atoms with van der Waals surface area (Å²) in [5.74, 6) is -0.921. The van der Waals surface area contributed by atoms with Gasteiger partial charge in [-0.2, -0.15) is 0 Å². The standard InChI is InChI=1S/C15H12ClF2NO/c16-14-13(18)12(6-8-19-14)15(7-1-9-20-15)10-2-4-11(17)5-3-10/h2-6,8H,1,7,9H2. The molecule has 104 valence electrons. The van der Waals surface area contributed by atoms with Gasteiger partial charge in [-0.3, -0.25) is 0 Å². The Hall–Kier alpha value is -1.52. The number of ether oxygens (including phenoxy) is 1. The highest BCUT2D eigenvalue weighted by atomic mass is 35.5. The molecule has 0 spiro atoms. The summed E-state index contributed by atoms with van der Waals surface area (Å²) in [6, 6.07) is 7.50. The average Bonchev–Trinajstić information content (AvgIpc) is 2.93. The molecule has 2 nitrogen and oxygen atoms in total. The Kier molecular flexibility index (Phi) is 3.44. The Bertz CT molecular complexity index is 624. The third-order valence-electron chi connectivity index (χ3n) is 3.61. The molecule has 1 saturated heterocycles. The highest BCUT2D eigenvalue weighted by Crippen LogP contribution is 2.43. The van der Waals surface area contributed by atoms with Crippen molar-refractivity contribution in [3.05, 3.63) is 64.4 Å². The first-order valence-electron chi connectivity index (χ1n) is 6.34. The van der Waals surface area contributed by atoms with Crippen LogP contribution in [0, 0.1) is 11.6 Å². The second-order valence-corrected chi connectivity index (χ2v) is 5.11. The van der Waals surface area contributed by atoms with Crippen LogP contribution in [0.4, 0.5) is 8.78 Å². The number of nitrogens with zero attached hydrogens (tertiary/aromatic N) is 1. The molecule has 1 aliphatic heterocycles. The van der Waals surface area contributed by atoms with Crippen LogP contribution in [0.2, 0.25) is 5.15 Å². The van der Waals surface area contributed by atoms with Crippen LogP contribution in [-0.4, -0.2) is 11.6 Å². The van der Waals surface area contributed by atoms with Gasteiger partial charge < -0.3 is 4.74 Å². The fraction of sp³-hybridized carbons (Fsp3) is 0.267. The summed E-state index contributed by atoms with van der Waals surface area (Å²) in [6.07, 6.45) is 2.88. The predicted molar refractivity (Wildman–Crippen MR) is 71.6 cm³/mol. The van der Waals surface area contributed by atoms with Crippen LogP contribution < -0.4 is 0 Å².